The Hall–Kier alpha value is -0.610. The summed E-state index contributed by atoms with van der Waals surface area (Å²) in [5.74, 6) is -0.122. The summed E-state index contributed by atoms with van der Waals surface area (Å²) in [6.07, 6.45) is 0.995. The molecule has 4 nitrogen and oxygen atoms in total. The van der Waals surface area contributed by atoms with Crippen molar-refractivity contribution in [3.05, 3.63) is 0 Å². The number of aliphatic hydroxyl groups excluding tert-OH is 1. The first kappa shape index (κ1) is 12.4. The molecule has 1 amide bonds. The first-order valence-corrected chi connectivity index (χ1v) is 4.59. The number of methoxy groups -OCH3 is 1. The lowest BCUT2D eigenvalue weighted by molar-refractivity contribution is -0.130. The SMILES string of the molecule is CCC(CCO)NC(=O)C(C)OC. The summed E-state index contributed by atoms with van der Waals surface area (Å²) in [6, 6.07) is 0.0510. The molecule has 13 heavy (non-hydrogen) atoms. The zero-order chi connectivity index (χ0) is 10.3. The van der Waals surface area contributed by atoms with Crippen molar-refractivity contribution in [2.45, 2.75) is 38.8 Å². The van der Waals surface area contributed by atoms with E-state index in [0.29, 0.717) is 6.42 Å². The Labute approximate surface area is 79.3 Å². The largest absolute Gasteiger partial charge is 0.396 e. The topological polar surface area (TPSA) is 58.6 Å². The molecule has 0 radical (unpaired) electrons. The van der Waals surface area contributed by atoms with Crippen molar-refractivity contribution >= 4 is 5.91 Å². The van der Waals surface area contributed by atoms with Gasteiger partial charge >= 0.3 is 0 Å². The maximum absolute atomic E-state index is 11.3. The van der Waals surface area contributed by atoms with Crippen LogP contribution in [0.4, 0.5) is 0 Å². The van der Waals surface area contributed by atoms with Crippen molar-refractivity contribution in [3.8, 4) is 0 Å². The lowest BCUT2D eigenvalue weighted by atomic mass is 10.1. The third-order valence-electron chi connectivity index (χ3n) is 2.04. The fraction of sp³-hybridized carbons (Fsp3) is 0.889. The number of hydrogen-bond acceptors (Lipinski definition) is 3. The summed E-state index contributed by atoms with van der Waals surface area (Å²) in [7, 11) is 1.50. The molecule has 0 spiro atoms. The van der Waals surface area contributed by atoms with Gasteiger partial charge in [0.2, 0.25) is 5.91 Å². The van der Waals surface area contributed by atoms with Gasteiger partial charge in [0.05, 0.1) is 0 Å². The maximum Gasteiger partial charge on any atom is 0.249 e. The summed E-state index contributed by atoms with van der Waals surface area (Å²) < 4.78 is 4.86. The summed E-state index contributed by atoms with van der Waals surface area (Å²) in [5, 5.41) is 11.5. The van der Waals surface area contributed by atoms with Gasteiger partial charge in [0.25, 0.3) is 0 Å². The Balaban J connectivity index is 3.85. The van der Waals surface area contributed by atoms with E-state index in [4.69, 9.17) is 9.84 Å². The zero-order valence-electron chi connectivity index (χ0n) is 8.54. The predicted molar refractivity (Wildman–Crippen MR) is 50.4 cm³/mol. The van der Waals surface area contributed by atoms with Crippen LogP contribution in [0.25, 0.3) is 0 Å². The molecule has 0 aliphatic rings. The molecule has 4 heteroatoms. The standard InChI is InChI=1S/C9H19NO3/c1-4-8(5-6-11)10-9(12)7(2)13-3/h7-8,11H,4-6H2,1-3H3,(H,10,12). The Bertz CT molecular complexity index is 150. The van der Waals surface area contributed by atoms with Crippen molar-refractivity contribution in [1.29, 1.82) is 0 Å². The van der Waals surface area contributed by atoms with Crippen LogP contribution in [-0.4, -0.2) is 36.9 Å². The first-order chi connectivity index (χ1) is 6.15. The normalized spacial score (nSPS) is 15.1. The van der Waals surface area contributed by atoms with Crippen molar-refractivity contribution in [1.82, 2.24) is 5.32 Å². The fourth-order valence-corrected chi connectivity index (χ4v) is 0.960. The summed E-state index contributed by atoms with van der Waals surface area (Å²) in [4.78, 5) is 11.3. The second-order valence-corrected chi connectivity index (χ2v) is 3.00. The van der Waals surface area contributed by atoms with Crippen LogP contribution in [0, 0.1) is 0 Å². The molecule has 2 N–H and O–H groups in total. The first-order valence-electron chi connectivity index (χ1n) is 4.59. The van der Waals surface area contributed by atoms with E-state index in [9.17, 15) is 4.79 Å². The van der Waals surface area contributed by atoms with Crippen LogP contribution in [0.3, 0.4) is 0 Å². The molecule has 0 aromatic carbocycles. The molecular weight excluding hydrogens is 170 g/mol. The number of carbonyl (C=O) groups excluding carboxylic acids is 1. The van der Waals surface area contributed by atoms with E-state index in [1.54, 1.807) is 6.92 Å². The molecule has 0 bridgehead atoms. The maximum atomic E-state index is 11.3. The van der Waals surface area contributed by atoms with E-state index in [2.05, 4.69) is 5.32 Å². The van der Waals surface area contributed by atoms with Crippen molar-refractivity contribution < 1.29 is 14.6 Å². The molecule has 0 aromatic heterocycles. The molecule has 0 saturated heterocycles. The number of carbonyl (C=O) groups is 1. The second-order valence-electron chi connectivity index (χ2n) is 3.00. The number of nitrogens with one attached hydrogen (secondary N) is 1. The van der Waals surface area contributed by atoms with Gasteiger partial charge in [-0.1, -0.05) is 6.92 Å². The van der Waals surface area contributed by atoms with Crippen molar-refractivity contribution in [2.75, 3.05) is 13.7 Å². The van der Waals surface area contributed by atoms with Crippen LogP contribution >= 0.6 is 0 Å². The molecule has 0 fully saturated rings. The molecule has 0 aliphatic carbocycles. The molecule has 2 atom stereocenters. The predicted octanol–water partition coefficient (Wildman–Crippen LogP) is 0.298. The summed E-state index contributed by atoms with van der Waals surface area (Å²) in [5.41, 5.74) is 0. The average Bonchev–Trinajstić information content (AvgIpc) is 2.15. The van der Waals surface area contributed by atoms with Gasteiger partial charge in [-0.25, -0.2) is 0 Å². The van der Waals surface area contributed by atoms with Crippen LogP contribution in [0.15, 0.2) is 0 Å². The quantitative estimate of drug-likeness (QED) is 0.631. The molecule has 0 rings (SSSR count). The van der Waals surface area contributed by atoms with E-state index >= 15 is 0 Å². The molecule has 0 aromatic rings. The van der Waals surface area contributed by atoms with Crippen LogP contribution < -0.4 is 5.32 Å². The van der Waals surface area contributed by atoms with Gasteiger partial charge in [-0.05, 0) is 19.8 Å². The highest BCUT2D eigenvalue weighted by Crippen LogP contribution is 1.98. The number of hydrogen-bond donors (Lipinski definition) is 2. The molecule has 2 unspecified atom stereocenters. The number of aliphatic hydroxyl groups is 1. The van der Waals surface area contributed by atoms with Crippen LogP contribution in [0.1, 0.15) is 26.7 Å². The van der Waals surface area contributed by atoms with E-state index < -0.39 is 6.10 Å². The van der Waals surface area contributed by atoms with Gasteiger partial charge in [0, 0.05) is 19.8 Å². The Morgan fingerprint density at radius 2 is 2.23 bits per heavy atom. The van der Waals surface area contributed by atoms with Gasteiger partial charge in [-0.2, -0.15) is 0 Å². The van der Waals surface area contributed by atoms with Crippen molar-refractivity contribution in [2.24, 2.45) is 0 Å². The van der Waals surface area contributed by atoms with Gasteiger partial charge in [-0.15, -0.1) is 0 Å². The molecule has 0 saturated carbocycles. The minimum Gasteiger partial charge on any atom is -0.396 e. The lowest BCUT2D eigenvalue weighted by Gasteiger charge is -2.18. The van der Waals surface area contributed by atoms with E-state index in [1.807, 2.05) is 6.92 Å². The molecule has 0 heterocycles. The monoisotopic (exact) mass is 189 g/mol. The third-order valence-corrected chi connectivity index (χ3v) is 2.04. The molecule has 0 aliphatic heterocycles. The highest BCUT2D eigenvalue weighted by Gasteiger charge is 2.15. The number of rotatable bonds is 6. The van der Waals surface area contributed by atoms with Crippen LogP contribution in [0.5, 0.6) is 0 Å². The van der Waals surface area contributed by atoms with E-state index in [-0.39, 0.29) is 18.6 Å². The highest BCUT2D eigenvalue weighted by atomic mass is 16.5. The van der Waals surface area contributed by atoms with Gasteiger partial charge < -0.3 is 15.2 Å². The molecular formula is C9H19NO3. The van der Waals surface area contributed by atoms with Gasteiger partial charge in [0.15, 0.2) is 0 Å². The Kier molecular flexibility index (Phi) is 6.54. The Morgan fingerprint density at radius 3 is 2.62 bits per heavy atom. The molecule has 78 valence electrons. The second kappa shape index (κ2) is 6.86. The number of ether oxygens (including phenoxy) is 1. The van der Waals surface area contributed by atoms with Gasteiger partial charge in [0.1, 0.15) is 6.10 Å². The van der Waals surface area contributed by atoms with Crippen LogP contribution in [0.2, 0.25) is 0 Å². The van der Waals surface area contributed by atoms with Crippen LogP contribution in [-0.2, 0) is 9.53 Å². The van der Waals surface area contributed by atoms with Crippen molar-refractivity contribution in [3.63, 3.8) is 0 Å². The lowest BCUT2D eigenvalue weighted by Crippen LogP contribution is -2.41. The smallest absolute Gasteiger partial charge is 0.249 e. The van der Waals surface area contributed by atoms with Gasteiger partial charge in [-0.3, -0.25) is 4.79 Å². The minimum atomic E-state index is -0.423. The van der Waals surface area contributed by atoms with E-state index in [0.717, 1.165) is 6.42 Å². The zero-order valence-corrected chi connectivity index (χ0v) is 8.54. The fourth-order valence-electron chi connectivity index (χ4n) is 0.960. The minimum absolute atomic E-state index is 0.0510. The Morgan fingerprint density at radius 1 is 1.62 bits per heavy atom. The highest BCUT2D eigenvalue weighted by molar-refractivity contribution is 5.80. The van der Waals surface area contributed by atoms with E-state index in [1.165, 1.54) is 7.11 Å². The summed E-state index contributed by atoms with van der Waals surface area (Å²) >= 11 is 0. The third kappa shape index (κ3) is 4.85. The average molecular weight is 189 g/mol. The number of amides is 1. The summed E-state index contributed by atoms with van der Waals surface area (Å²) in [6.45, 7) is 3.76.